The zero-order chi connectivity index (χ0) is 19.6. The molecule has 4 N–H and O–H groups in total. The van der Waals surface area contributed by atoms with Crippen molar-refractivity contribution in [3.05, 3.63) is 53.0 Å². The summed E-state index contributed by atoms with van der Waals surface area (Å²) in [4.78, 5) is 20.2. The Kier molecular flexibility index (Phi) is 5.48. The standard InChI is InChI=1S/C18H18ClFN6O/c1-3-6-22-9(2)24-18(27)10-4-5-11(13(20)7-10)15-14-16(26-25-15)12(19)8-23-17(14)21/h3-8,12,16,21,25-26H,1-2H3,(H,22,24,27)/b6-3-,21-17?. The number of amides is 1. The summed E-state index contributed by atoms with van der Waals surface area (Å²) in [6.07, 6.45) is 4.75. The minimum atomic E-state index is -0.600. The van der Waals surface area contributed by atoms with Crippen LogP contribution in [0.25, 0.3) is 5.70 Å². The maximum absolute atomic E-state index is 14.7. The zero-order valence-corrected chi connectivity index (χ0v) is 15.4. The van der Waals surface area contributed by atoms with Gasteiger partial charge >= 0.3 is 0 Å². The minimum Gasteiger partial charge on any atom is -0.320 e. The van der Waals surface area contributed by atoms with Crippen molar-refractivity contribution in [2.45, 2.75) is 25.3 Å². The first-order valence-corrected chi connectivity index (χ1v) is 8.65. The molecule has 0 bridgehead atoms. The molecule has 1 aromatic rings. The van der Waals surface area contributed by atoms with E-state index in [1.165, 1.54) is 18.3 Å². The molecule has 27 heavy (non-hydrogen) atoms. The summed E-state index contributed by atoms with van der Waals surface area (Å²) < 4.78 is 14.7. The Morgan fingerprint density at radius 3 is 2.96 bits per heavy atom. The number of hydrogen-bond donors (Lipinski definition) is 4. The molecular formula is C18H18ClFN6O. The molecule has 2 heterocycles. The van der Waals surface area contributed by atoms with E-state index in [0.29, 0.717) is 17.1 Å². The normalized spacial score (nSPS) is 22.2. The van der Waals surface area contributed by atoms with Crippen molar-refractivity contribution >= 4 is 41.1 Å². The number of allylic oxidation sites excluding steroid dienone is 1. The monoisotopic (exact) mass is 388 g/mol. The number of amidine groups is 2. The Labute approximate surface area is 160 Å². The second-order valence-corrected chi connectivity index (χ2v) is 6.46. The summed E-state index contributed by atoms with van der Waals surface area (Å²) in [5.41, 5.74) is 7.08. The highest BCUT2D eigenvalue weighted by atomic mass is 35.5. The minimum absolute atomic E-state index is 0.0152. The first-order valence-electron chi connectivity index (χ1n) is 8.22. The fourth-order valence-electron chi connectivity index (χ4n) is 2.78. The third-order valence-electron chi connectivity index (χ3n) is 4.06. The van der Waals surface area contributed by atoms with E-state index in [2.05, 4.69) is 26.2 Å². The number of benzene rings is 1. The molecule has 0 spiro atoms. The maximum atomic E-state index is 14.7. The van der Waals surface area contributed by atoms with E-state index in [9.17, 15) is 9.18 Å². The van der Waals surface area contributed by atoms with E-state index in [1.54, 1.807) is 19.2 Å². The van der Waals surface area contributed by atoms with Crippen molar-refractivity contribution in [3.8, 4) is 0 Å². The molecule has 1 aromatic carbocycles. The van der Waals surface area contributed by atoms with Gasteiger partial charge in [-0.25, -0.2) is 19.8 Å². The number of fused-ring (bicyclic) bond motifs is 1. The molecule has 3 rings (SSSR count). The van der Waals surface area contributed by atoms with Crippen LogP contribution in [-0.2, 0) is 0 Å². The number of hydrogen-bond acceptors (Lipinski definition) is 5. The number of aliphatic imine (C=N–C) groups is 2. The van der Waals surface area contributed by atoms with Gasteiger partial charge < -0.3 is 10.7 Å². The lowest BCUT2D eigenvalue weighted by atomic mass is 9.96. The smallest absolute Gasteiger partial charge is 0.256 e. The Bertz CT molecular complexity index is 920. The topological polar surface area (TPSA) is 102 Å². The summed E-state index contributed by atoms with van der Waals surface area (Å²) in [5.74, 6) is -0.646. The van der Waals surface area contributed by atoms with E-state index in [-0.39, 0.29) is 23.0 Å². The molecular weight excluding hydrogens is 371 g/mol. The lowest BCUT2D eigenvalue weighted by Crippen LogP contribution is -2.42. The number of halogens is 2. The summed E-state index contributed by atoms with van der Waals surface area (Å²) >= 11 is 6.18. The summed E-state index contributed by atoms with van der Waals surface area (Å²) in [6.45, 7) is 3.45. The molecule has 0 fully saturated rings. The number of carbonyl (C=O) groups excluding carboxylic acids is 1. The second-order valence-electron chi connectivity index (χ2n) is 5.95. The fraction of sp³-hybridized carbons (Fsp3) is 0.222. The molecule has 0 saturated heterocycles. The highest BCUT2D eigenvalue weighted by Crippen LogP contribution is 2.30. The van der Waals surface area contributed by atoms with Gasteiger partial charge in [-0.1, -0.05) is 6.08 Å². The van der Waals surface area contributed by atoms with E-state index in [1.807, 2.05) is 6.92 Å². The van der Waals surface area contributed by atoms with Crippen LogP contribution >= 0.6 is 11.6 Å². The van der Waals surface area contributed by atoms with Crippen LogP contribution in [0.3, 0.4) is 0 Å². The van der Waals surface area contributed by atoms with E-state index in [4.69, 9.17) is 17.0 Å². The molecule has 2 unspecified atom stereocenters. The van der Waals surface area contributed by atoms with Gasteiger partial charge in [0.25, 0.3) is 5.91 Å². The van der Waals surface area contributed by atoms with Gasteiger partial charge in [0.05, 0.1) is 17.1 Å². The molecule has 0 radical (unpaired) electrons. The Balaban J connectivity index is 1.89. The molecule has 7 nitrogen and oxygen atoms in total. The van der Waals surface area contributed by atoms with Gasteiger partial charge in [0, 0.05) is 29.1 Å². The number of nitrogens with one attached hydrogen (secondary N) is 4. The second kappa shape index (κ2) is 7.81. The SMILES string of the molecule is C/C=C\N=C(C)NC(=O)c1ccc(C2=C3C(=N)N=CC(Cl)C3NN2)c(F)c1. The van der Waals surface area contributed by atoms with E-state index < -0.39 is 17.1 Å². The third-order valence-corrected chi connectivity index (χ3v) is 4.43. The molecule has 0 aromatic heterocycles. The van der Waals surface area contributed by atoms with Crippen LogP contribution in [0.2, 0.25) is 0 Å². The van der Waals surface area contributed by atoms with Crippen molar-refractivity contribution in [1.82, 2.24) is 16.2 Å². The molecule has 9 heteroatoms. The molecule has 2 aliphatic heterocycles. The lowest BCUT2D eigenvalue weighted by Gasteiger charge is -2.20. The van der Waals surface area contributed by atoms with Gasteiger partial charge in [0.1, 0.15) is 11.7 Å². The van der Waals surface area contributed by atoms with Crippen LogP contribution in [-0.4, -0.2) is 35.2 Å². The molecule has 140 valence electrons. The van der Waals surface area contributed by atoms with Gasteiger partial charge in [0.2, 0.25) is 0 Å². The molecule has 2 aliphatic rings. The molecule has 2 atom stereocenters. The van der Waals surface area contributed by atoms with Gasteiger partial charge in [-0.2, -0.15) is 0 Å². The number of carbonyl (C=O) groups is 1. The summed E-state index contributed by atoms with van der Waals surface area (Å²) in [6, 6.07) is 3.76. The molecule has 0 aliphatic carbocycles. The number of rotatable bonds is 3. The van der Waals surface area contributed by atoms with Crippen LogP contribution in [0.5, 0.6) is 0 Å². The fourth-order valence-corrected chi connectivity index (χ4v) is 3.02. The Morgan fingerprint density at radius 2 is 2.26 bits per heavy atom. The number of alkyl halides is 1. The Morgan fingerprint density at radius 1 is 1.48 bits per heavy atom. The maximum Gasteiger partial charge on any atom is 0.256 e. The van der Waals surface area contributed by atoms with Gasteiger partial charge in [-0.3, -0.25) is 10.2 Å². The van der Waals surface area contributed by atoms with Crippen molar-refractivity contribution in [3.63, 3.8) is 0 Å². The predicted octanol–water partition coefficient (Wildman–Crippen LogP) is 2.36. The highest BCUT2D eigenvalue weighted by Gasteiger charge is 2.36. The van der Waals surface area contributed by atoms with Crippen LogP contribution in [0.15, 0.2) is 46.0 Å². The van der Waals surface area contributed by atoms with Crippen molar-refractivity contribution in [2.24, 2.45) is 9.98 Å². The van der Waals surface area contributed by atoms with Crippen LogP contribution in [0.1, 0.15) is 29.8 Å². The first kappa shape index (κ1) is 18.9. The van der Waals surface area contributed by atoms with Crippen LogP contribution in [0, 0.1) is 11.2 Å². The molecule has 1 amide bonds. The third kappa shape index (κ3) is 3.81. The summed E-state index contributed by atoms with van der Waals surface area (Å²) in [7, 11) is 0. The van der Waals surface area contributed by atoms with Crippen molar-refractivity contribution < 1.29 is 9.18 Å². The lowest BCUT2D eigenvalue weighted by molar-refractivity contribution is 0.0976. The van der Waals surface area contributed by atoms with Crippen molar-refractivity contribution in [2.75, 3.05) is 0 Å². The van der Waals surface area contributed by atoms with Gasteiger partial charge in [0.15, 0.2) is 5.84 Å². The number of hydrazine groups is 1. The average Bonchev–Trinajstić information content (AvgIpc) is 3.09. The predicted molar refractivity (Wildman–Crippen MR) is 105 cm³/mol. The highest BCUT2D eigenvalue weighted by molar-refractivity contribution is 6.32. The van der Waals surface area contributed by atoms with Crippen molar-refractivity contribution in [1.29, 1.82) is 5.41 Å². The van der Waals surface area contributed by atoms with Crippen LogP contribution in [0.4, 0.5) is 4.39 Å². The van der Waals surface area contributed by atoms with Crippen LogP contribution < -0.4 is 16.2 Å². The molecule has 0 saturated carbocycles. The zero-order valence-electron chi connectivity index (χ0n) is 14.7. The van der Waals surface area contributed by atoms with Gasteiger partial charge in [-0.05, 0) is 32.0 Å². The first-order chi connectivity index (χ1) is 12.9. The van der Waals surface area contributed by atoms with Gasteiger partial charge in [-0.15, -0.1) is 11.6 Å². The average molecular weight is 389 g/mol. The summed E-state index contributed by atoms with van der Waals surface area (Å²) in [5, 5.41) is 10.1. The Hall–Kier alpha value is -2.84. The van der Waals surface area contributed by atoms with E-state index in [0.717, 1.165) is 6.07 Å². The largest absolute Gasteiger partial charge is 0.320 e. The quantitative estimate of drug-likeness (QED) is 0.363. The van der Waals surface area contributed by atoms with E-state index >= 15 is 0 Å². The number of nitrogens with zero attached hydrogens (tertiary/aromatic N) is 2.